The molecule has 21 heavy (non-hydrogen) atoms. The lowest BCUT2D eigenvalue weighted by Crippen LogP contribution is -2.35. The average Bonchev–Trinajstić information content (AvgIpc) is 2.64. The zero-order valence-electron chi connectivity index (χ0n) is 10.3. The summed E-state index contributed by atoms with van der Waals surface area (Å²) < 4.78 is 34.4. The fourth-order valence-corrected chi connectivity index (χ4v) is 2.20. The minimum absolute atomic E-state index is 0.688. The van der Waals surface area contributed by atoms with Crippen LogP contribution in [0.4, 0.5) is 4.39 Å². The Bertz CT molecular complexity index is 668. The van der Waals surface area contributed by atoms with Crippen LogP contribution in [0, 0.1) is 0 Å². The molecule has 1 fully saturated rings. The van der Waals surface area contributed by atoms with Crippen LogP contribution in [0.2, 0.25) is 0 Å². The second-order valence-corrected chi connectivity index (χ2v) is 5.54. The first-order valence-corrected chi connectivity index (χ1v) is 7.21. The molecule has 0 aromatic carbocycles. The van der Waals surface area contributed by atoms with Gasteiger partial charge >= 0.3 is 13.5 Å². The van der Waals surface area contributed by atoms with Gasteiger partial charge < -0.3 is 19.6 Å². The van der Waals surface area contributed by atoms with Gasteiger partial charge in [-0.05, 0) is 0 Å². The zero-order chi connectivity index (χ0) is 15.8. The van der Waals surface area contributed by atoms with E-state index in [0.717, 1.165) is 12.3 Å². The third kappa shape index (κ3) is 3.64. The van der Waals surface area contributed by atoms with Crippen molar-refractivity contribution in [3.8, 4) is 0 Å². The SMILES string of the molecule is O=c1ccn([C@@H]2O[C@H](COP(=O)(O)O)[C@@H](O)C2F)c(=O)[nH]1. The molecule has 2 heterocycles. The van der Waals surface area contributed by atoms with E-state index < -0.39 is 50.3 Å². The smallest absolute Gasteiger partial charge is 0.387 e. The Balaban J connectivity index is 2.18. The van der Waals surface area contributed by atoms with Crippen LogP contribution in [0.25, 0.3) is 0 Å². The number of nitrogens with one attached hydrogen (secondary N) is 1. The van der Waals surface area contributed by atoms with Crippen LogP contribution in [0.3, 0.4) is 0 Å². The Morgan fingerprint density at radius 2 is 2.14 bits per heavy atom. The topological polar surface area (TPSA) is 151 Å². The molecular weight excluding hydrogens is 314 g/mol. The molecule has 0 aliphatic carbocycles. The quantitative estimate of drug-likeness (QED) is 0.475. The summed E-state index contributed by atoms with van der Waals surface area (Å²) in [5.74, 6) is 0. The number of rotatable bonds is 4. The number of phosphoric ester groups is 1. The third-order valence-electron chi connectivity index (χ3n) is 2.83. The van der Waals surface area contributed by atoms with Crippen LogP contribution in [-0.4, -0.2) is 49.4 Å². The number of aliphatic hydroxyl groups is 1. The molecule has 1 aliphatic heterocycles. The Morgan fingerprint density at radius 1 is 1.48 bits per heavy atom. The van der Waals surface area contributed by atoms with Crippen LogP contribution in [-0.2, 0) is 13.8 Å². The number of phosphoric acid groups is 1. The maximum atomic E-state index is 13.9. The van der Waals surface area contributed by atoms with Crippen molar-refractivity contribution in [1.82, 2.24) is 9.55 Å². The molecule has 2 rings (SSSR count). The monoisotopic (exact) mass is 326 g/mol. The van der Waals surface area contributed by atoms with Crippen LogP contribution in [0.15, 0.2) is 21.9 Å². The Hall–Kier alpha value is -1.36. The summed E-state index contributed by atoms with van der Waals surface area (Å²) in [6.45, 7) is -0.763. The van der Waals surface area contributed by atoms with Gasteiger partial charge in [0.25, 0.3) is 5.56 Å². The molecule has 0 spiro atoms. The van der Waals surface area contributed by atoms with Crippen LogP contribution in [0.5, 0.6) is 0 Å². The van der Waals surface area contributed by atoms with Crippen molar-refractivity contribution < 1.29 is 33.1 Å². The van der Waals surface area contributed by atoms with Gasteiger partial charge in [0.15, 0.2) is 12.4 Å². The number of hydrogen-bond acceptors (Lipinski definition) is 6. The molecule has 4 atom stereocenters. The summed E-state index contributed by atoms with van der Waals surface area (Å²) in [6, 6.07) is 0.962. The van der Waals surface area contributed by atoms with E-state index in [1.54, 1.807) is 0 Å². The molecule has 118 valence electrons. The van der Waals surface area contributed by atoms with E-state index in [9.17, 15) is 23.7 Å². The number of H-pyrrole nitrogens is 1. The van der Waals surface area contributed by atoms with Crippen molar-refractivity contribution in [3.05, 3.63) is 33.1 Å². The molecule has 1 aliphatic rings. The van der Waals surface area contributed by atoms with E-state index in [4.69, 9.17) is 14.5 Å². The summed E-state index contributed by atoms with van der Waals surface area (Å²) in [7, 11) is -4.80. The predicted molar refractivity (Wildman–Crippen MR) is 64.1 cm³/mol. The normalized spacial score (nSPS) is 29.7. The van der Waals surface area contributed by atoms with Gasteiger partial charge in [0.05, 0.1) is 6.61 Å². The fourth-order valence-electron chi connectivity index (χ4n) is 1.86. The molecule has 1 saturated heterocycles. The van der Waals surface area contributed by atoms with E-state index in [1.807, 2.05) is 4.98 Å². The zero-order valence-corrected chi connectivity index (χ0v) is 11.2. The van der Waals surface area contributed by atoms with E-state index >= 15 is 0 Å². The van der Waals surface area contributed by atoms with Gasteiger partial charge in [0.2, 0.25) is 0 Å². The highest BCUT2D eigenvalue weighted by atomic mass is 31.2. The molecule has 10 nitrogen and oxygen atoms in total. The summed E-state index contributed by atoms with van der Waals surface area (Å²) >= 11 is 0. The molecule has 0 bridgehead atoms. The molecule has 0 amide bonds. The standard InChI is InChI=1S/C9H12FN2O8P/c10-6-7(14)4(3-19-21(16,17)18)20-8(6)12-2-1-5(13)11-9(12)15/h1-2,4,6-8,14H,3H2,(H,11,13,15)(H2,16,17,18)/t4-,6?,7-,8-/m1/s1. The summed E-state index contributed by atoms with van der Waals surface area (Å²) in [4.78, 5) is 41.4. The fraction of sp³-hybridized carbons (Fsp3) is 0.556. The molecule has 1 unspecified atom stereocenters. The first-order chi connectivity index (χ1) is 9.69. The minimum Gasteiger partial charge on any atom is -0.387 e. The number of aromatic nitrogens is 2. The predicted octanol–water partition coefficient (Wildman–Crippen LogP) is -1.76. The summed E-state index contributed by atoms with van der Waals surface area (Å²) in [5.41, 5.74) is -1.63. The number of aliphatic hydroxyl groups excluding tert-OH is 1. The van der Waals surface area contributed by atoms with Gasteiger partial charge in [-0.15, -0.1) is 0 Å². The molecule has 0 radical (unpaired) electrons. The van der Waals surface area contributed by atoms with Crippen LogP contribution in [0.1, 0.15) is 6.23 Å². The Labute approximate surface area is 116 Å². The van der Waals surface area contributed by atoms with Crippen molar-refractivity contribution in [1.29, 1.82) is 0 Å². The highest BCUT2D eigenvalue weighted by Gasteiger charge is 2.46. The molecule has 1 aromatic heterocycles. The molecule has 4 N–H and O–H groups in total. The van der Waals surface area contributed by atoms with Crippen LogP contribution >= 0.6 is 7.82 Å². The first-order valence-electron chi connectivity index (χ1n) is 5.68. The van der Waals surface area contributed by atoms with E-state index in [1.165, 1.54) is 0 Å². The molecule has 0 saturated carbocycles. The maximum Gasteiger partial charge on any atom is 0.469 e. The van der Waals surface area contributed by atoms with Crippen molar-refractivity contribution in [3.63, 3.8) is 0 Å². The van der Waals surface area contributed by atoms with Crippen molar-refractivity contribution in [2.75, 3.05) is 6.61 Å². The number of aromatic amines is 1. The number of nitrogens with zero attached hydrogens (tertiary/aromatic N) is 1. The third-order valence-corrected chi connectivity index (χ3v) is 3.31. The molecule has 12 heteroatoms. The Kier molecular flexibility index (Phi) is 4.42. The van der Waals surface area contributed by atoms with E-state index in [0.29, 0.717) is 4.57 Å². The second-order valence-electron chi connectivity index (χ2n) is 4.30. The van der Waals surface area contributed by atoms with E-state index in [-0.39, 0.29) is 0 Å². The maximum absolute atomic E-state index is 13.9. The summed E-state index contributed by atoms with van der Waals surface area (Å²) in [6.07, 6.45) is -5.73. The number of alkyl halides is 1. The minimum atomic E-state index is -4.80. The molecule has 1 aromatic rings. The average molecular weight is 326 g/mol. The van der Waals surface area contributed by atoms with Crippen molar-refractivity contribution in [2.24, 2.45) is 0 Å². The molecular formula is C9H12FN2O8P. The van der Waals surface area contributed by atoms with Gasteiger partial charge in [0, 0.05) is 12.3 Å². The number of hydrogen-bond donors (Lipinski definition) is 4. The highest BCUT2D eigenvalue weighted by molar-refractivity contribution is 7.46. The van der Waals surface area contributed by atoms with Crippen LogP contribution < -0.4 is 11.2 Å². The highest BCUT2D eigenvalue weighted by Crippen LogP contribution is 2.38. The second kappa shape index (κ2) is 5.79. The number of halogens is 1. The lowest BCUT2D eigenvalue weighted by Gasteiger charge is -2.15. The van der Waals surface area contributed by atoms with Crippen molar-refractivity contribution in [2.45, 2.75) is 24.6 Å². The van der Waals surface area contributed by atoms with Gasteiger partial charge in [0.1, 0.15) is 12.2 Å². The van der Waals surface area contributed by atoms with Gasteiger partial charge in [-0.1, -0.05) is 0 Å². The lowest BCUT2D eigenvalue weighted by molar-refractivity contribution is -0.0483. The summed E-state index contributed by atoms with van der Waals surface area (Å²) in [5, 5.41) is 9.61. The van der Waals surface area contributed by atoms with Gasteiger partial charge in [-0.25, -0.2) is 13.8 Å². The van der Waals surface area contributed by atoms with Gasteiger partial charge in [-0.2, -0.15) is 0 Å². The lowest BCUT2D eigenvalue weighted by atomic mass is 10.1. The van der Waals surface area contributed by atoms with E-state index in [2.05, 4.69) is 4.52 Å². The number of ether oxygens (including phenoxy) is 1. The largest absolute Gasteiger partial charge is 0.469 e. The van der Waals surface area contributed by atoms with Gasteiger partial charge in [-0.3, -0.25) is 18.9 Å². The first kappa shape index (κ1) is 16.0. The van der Waals surface area contributed by atoms with Crippen molar-refractivity contribution >= 4 is 7.82 Å². The Morgan fingerprint density at radius 3 is 2.71 bits per heavy atom.